The lowest BCUT2D eigenvalue weighted by Crippen LogP contribution is -2.33. The summed E-state index contributed by atoms with van der Waals surface area (Å²) in [7, 11) is 0. The van der Waals surface area contributed by atoms with Gasteiger partial charge in [0.05, 0.1) is 5.56 Å². The number of phenolic OH excluding ortho intramolecular Hbond substituents is 2. The molecule has 0 unspecified atom stereocenters. The third-order valence-electron chi connectivity index (χ3n) is 3.24. The molecular formula is C12H16N2O3. The first-order valence-electron chi connectivity index (χ1n) is 5.57. The Hall–Kier alpha value is -1.75. The fraction of sp³-hybridized carbons (Fsp3) is 0.417. The van der Waals surface area contributed by atoms with Crippen LogP contribution in [0.1, 0.15) is 23.2 Å². The highest BCUT2D eigenvalue weighted by atomic mass is 16.3. The van der Waals surface area contributed by atoms with E-state index in [0.717, 1.165) is 12.8 Å². The molecule has 5 heteroatoms. The van der Waals surface area contributed by atoms with Crippen LogP contribution >= 0.6 is 0 Å². The third-order valence-corrected chi connectivity index (χ3v) is 3.24. The average Bonchev–Trinajstić information content (AvgIpc) is 3.10. The lowest BCUT2D eigenvalue weighted by Gasteiger charge is -2.13. The molecule has 1 aliphatic rings. The highest BCUT2D eigenvalue weighted by molar-refractivity contribution is 5.97. The second-order valence-electron chi connectivity index (χ2n) is 4.59. The van der Waals surface area contributed by atoms with Crippen molar-refractivity contribution >= 4 is 5.91 Å². The zero-order chi connectivity index (χ0) is 12.5. The number of benzene rings is 1. The van der Waals surface area contributed by atoms with Crippen molar-refractivity contribution in [3.05, 3.63) is 23.8 Å². The number of hydrogen-bond acceptors (Lipinski definition) is 4. The van der Waals surface area contributed by atoms with Gasteiger partial charge in [0.1, 0.15) is 11.5 Å². The van der Waals surface area contributed by atoms with E-state index in [0.29, 0.717) is 13.1 Å². The Balaban J connectivity index is 2.02. The van der Waals surface area contributed by atoms with Gasteiger partial charge in [-0.25, -0.2) is 0 Å². The number of nitrogens with one attached hydrogen (secondary N) is 1. The van der Waals surface area contributed by atoms with Crippen molar-refractivity contribution in [3.8, 4) is 11.5 Å². The number of phenols is 2. The summed E-state index contributed by atoms with van der Waals surface area (Å²) in [5.74, 6) is -0.580. The molecule has 5 N–H and O–H groups in total. The second-order valence-corrected chi connectivity index (χ2v) is 4.59. The van der Waals surface area contributed by atoms with Crippen LogP contribution in [0.15, 0.2) is 18.2 Å². The molecule has 0 heterocycles. The van der Waals surface area contributed by atoms with Crippen LogP contribution in [0.2, 0.25) is 0 Å². The molecule has 17 heavy (non-hydrogen) atoms. The summed E-state index contributed by atoms with van der Waals surface area (Å²) < 4.78 is 0. The third kappa shape index (κ3) is 2.50. The van der Waals surface area contributed by atoms with Gasteiger partial charge in [-0.1, -0.05) is 0 Å². The maximum absolute atomic E-state index is 11.8. The van der Waals surface area contributed by atoms with Gasteiger partial charge in [-0.05, 0) is 37.6 Å². The van der Waals surface area contributed by atoms with Gasteiger partial charge >= 0.3 is 0 Å². The van der Waals surface area contributed by atoms with E-state index in [4.69, 9.17) is 5.73 Å². The summed E-state index contributed by atoms with van der Waals surface area (Å²) in [5, 5.41) is 21.5. The van der Waals surface area contributed by atoms with Gasteiger partial charge in [0, 0.05) is 12.0 Å². The van der Waals surface area contributed by atoms with E-state index < -0.39 is 5.91 Å². The first kappa shape index (κ1) is 11.7. The molecule has 1 aliphatic carbocycles. The first-order chi connectivity index (χ1) is 8.06. The van der Waals surface area contributed by atoms with Gasteiger partial charge in [-0.2, -0.15) is 0 Å². The standard InChI is InChI=1S/C12H16N2O3/c13-6-12(3-4-12)7-14-11(17)9-5-8(15)1-2-10(9)16/h1-2,5,15-16H,3-4,6-7,13H2,(H,14,17). The molecule has 0 spiro atoms. The van der Waals surface area contributed by atoms with E-state index in [2.05, 4.69) is 5.32 Å². The van der Waals surface area contributed by atoms with Gasteiger partial charge < -0.3 is 21.3 Å². The highest BCUT2D eigenvalue weighted by Crippen LogP contribution is 2.43. The Bertz CT molecular complexity index is 441. The van der Waals surface area contributed by atoms with Crippen molar-refractivity contribution in [3.63, 3.8) is 0 Å². The summed E-state index contributed by atoms with van der Waals surface area (Å²) in [4.78, 5) is 11.8. The number of hydrogen-bond donors (Lipinski definition) is 4. The fourth-order valence-corrected chi connectivity index (χ4v) is 1.70. The minimum Gasteiger partial charge on any atom is -0.508 e. The number of aromatic hydroxyl groups is 2. The molecule has 0 saturated heterocycles. The molecule has 1 saturated carbocycles. The topological polar surface area (TPSA) is 95.6 Å². The minimum absolute atomic E-state index is 0.0438. The van der Waals surface area contributed by atoms with Gasteiger partial charge in [-0.3, -0.25) is 4.79 Å². The van der Waals surface area contributed by atoms with Crippen molar-refractivity contribution in [1.29, 1.82) is 0 Å². The summed E-state index contributed by atoms with van der Waals surface area (Å²) in [6.07, 6.45) is 2.05. The smallest absolute Gasteiger partial charge is 0.255 e. The molecule has 0 aromatic heterocycles. The molecule has 92 valence electrons. The monoisotopic (exact) mass is 236 g/mol. The van der Waals surface area contributed by atoms with Crippen LogP contribution in [0.5, 0.6) is 11.5 Å². The van der Waals surface area contributed by atoms with E-state index in [1.807, 2.05) is 0 Å². The predicted octanol–water partition coefficient (Wildman–Crippen LogP) is 0.566. The van der Waals surface area contributed by atoms with Gasteiger partial charge in [0.2, 0.25) is 0 Å². The molecule has 0 aliphatic heterocycles. The summed E-state index contributed by atoms with van der Waals surface area (Å²) in [6.45, 7) is 1.07. The number of nitrogens with two attached hydrogens (primary N) is 1. The van der Waals surface area contributed by atoms with Crippen LogP contribution in [-0.4, -0.2) is 29.2 Å². The molecule has 1 fully saturated rings. The lowest BCUT2D eigenvalue weighted by molar-refractivity contribution is 0.0942. The number of amides is 1. The largest absolute Gasteiger partial charge is 0.508 e. The number of rotatable bonds is 4. The molecule has 2 rings (SSSR count). The van der Waals surface area contributed by atoms with Crippen LogP contribution in [-0.2, 0) is 0 Å². The Morgan fingerprint density at radius 1 is 1.41 bits per heavy atom. The van der Waals surface area contributed by atoms with Crippen molar-refractivity contribution in [2.75, 3.05) is 13.1 Å². The van der Waals surface area contributed by atoms with Crippen molar-refractivity contribution in [1.82, 2.24) is 5.32 Å². The van der Waals surface area contributed by atoms with Gasteiger partial charge in [-0.15, -0.1) is 0 Å². The van der Waals surface area contributed by atoms with Gasteiger partial charge in [0.15, 0.2) is 0 Å². The summed E-state index contributed by atoms with van der Waals surface area (Å²) in [5.41, 5.74) is 5.73. The molecular weight excluding hydrogens is 220 g/mol. The Morgan fingerprint density at radius 3 is 2.71 bits per heavy atom. The molecule has 1 aromatic carbocycles. The van der Waals surface area contributed by atoms with Crippen LogP contribution in [0.25, 0.3) is 0 Å². The molecule has 0 atom stereocenters. The molecule has 0 bridgehead atoms. The fourth-order valence-electron chi connectivity index (χ4n) is 1.70. The maximum atomic E-state index is 11.8. The minimum atomic E-state index is -0.391. The summed E-state index contributed by atoms with van der Waals surface area (Å²) >= 11 is 0. The molecule has 0 radical (unpaired) electrons. The van der Waals surface area contributed by atoms with Crippen LogP contribution in [0.4, 0.5) is 0 Å². The molecule has 5 nitrogen and oxygen atoms in total. The number of carbonyl (C=O) groups is 1. The highest BCUT2D eigenvalue weighted by Gasteiger charge is 2.41. The van der Waals surface area contributed by atoms with Crippen molar-refractivity contribution < 1.29 is 15.0 Å². The van der Waals surface area contributed by atoms with Crippen LogP contribution in [0.3, 0.4) is 0 Å². The number of carbonyl (C=O) groups excluding carboxylic acids is 1. The Labute approximate surface area is 99.3 Å². The zero-order valence-electron chi connectivity index (χ0n) is 9.44. The summed E-state index contributed by atoms with van der Waals surface area (Å²) in [6, 6.07) is 3.86. The van der Waals surface area contributed by atoms with Crippen LogP contribution in [0, 0.1) is 5.41 Å². The van der Waals surface area contributed by atoms with Gasteiger partial charge in [0.25, 0.3) is 5.91 Å². The van der Waals surface area contributed by atoms with E-state index in [1.54, 1.807) is 0 Å². The zero-order valence-corrected chi connectivity index (χ0v) is 9.44. The van der Waals surface area contributed by atoms with E-state index in [-0.39, 0.29) is 22.5 Å². The second kappa shape index (κ2) is 4.25. The Morgan fingerprint density at radius 2 is 2.12 bits per heavy atom. The molecule has 1 aromatic rings. The normalized spacial score (nSPS) is 16.5. The van der Waals surface area contributed by atoms with E-state index >= 15 is 0 Å². The van der Waals surface area contributed by atoms with E-state index in [9.17, 15) is 15.0 Å². The predicted molar refractivity (Wildman–Crippen MR) is 62.8 cm³/mol. The average molecular weight is 236 g/mol. The quantitative estimate of drug-likeness (QED) is 0.575. The maximum Gasteiger partial charge on any atom is 0.255 e. The Kier molecular flexibility index (Phi) is 2.93. The van der Waals surface area contributed by atoms with Crippen LogP contribution < -0.4 is 11.1 Å². The SMILES string of the molecule is NCC1(CNC(=O)c2cc(O)ccc2O)CC1. The van der Waals surface area contributed by atoms with E-state index in [1.165, 1.54) is 18.2 Å². The lowest BCUT2D eigenvalue weighted by atomic mass is 10.1. The first-order valence-corrected chi connectivity index (χ1v) is 5.57. The molecule has 1 amide bonds. The van der Waals surface area contributed by atoms with Crippen molar-refractivity contribution in [2.24, 2.45) is 11.1 Å². The van der Waals surface area contributed by atoms with Crippen molar-refractivity contribution in [2.45, 2.75) is 12.8 Å².